The van der Waals surface area contributed by atoms with E-state index in [1.54, 1.807) is 12.1 Å². The maximum Gasteiger partial charge on any atom is 0.252 e. The van der Waals surface area contributed by atoms with Gasteiger partial charge in [-0.2, -0.15) is 4.99 Å². The van der Waals surface area contributed by atoms with Crippen molar-refractivity contribution in [2.24, 2.45) is 15.7 Å². The summed E-state index contributed by atoms with van der Waals surface area (Å²) in [7, 11) is 0. The van der Waals surface area contributed by atoms with Crippen LogP contribution in [0.3, 0.4) is 0 Å². The SMILES string of the molecule is NC(=NC1=N[C@@H](CC(=O)Nc2ccc(F)cc2)C(=O)N1)Nc1ccccc1. The number of anilines is 2. The van der Waals surface area contributed by atoms with Gasteiger partial charge in [-0.3, -0.25) is 14.9 Å². The van der Waals surface area contributed by atoms with Crippen LogP contribution in [0.4, 0.5) is 15.8 Å². The Morgan fingerprint density at radius 2 is 1.78 bits per heavy atom. The summed E-state index contributed by atoms with van der Waals surface area (Å²) in [5.74, 6) is -1.20. The maximum atomic E-state index is 12.9. The molecule has 0 saturated carbocycles. The summed E-state index contributed by atoms with van der Waals surface area (Å²) >= 11 is 0. The number of guanidine groups is 2. The molecule has 27 heavy (non-hydrogen) atoms. The molecule has 2 amide bonds. The Balaban J connectivity index is 1.59. The fourth-order valence-electron chi connectivity index (χ4n) is 2.36. The average molecular weight is 368 g/mol. The molecule has 8 nitrogen and oxygen atoms in total. The quantitative estimate of drug-likeness (QED) is 0.482. The van der Waals surface area contributed by atoms with Gasteiger partial charge in [0.2, 0.25) is 17.8 Å². The van der Waals surface area contributed by atoms with Crippen LogP contribution >= 0.6 is 0 Å². The van der Waals surface area contributed by atoms with Crippen molar-refractivity contribution < 1.29 is 14.0 Å². The molecule has 1 atom stereocenters. The molecule has 1 aliphatic rings. The fraction of sp³-hybridized carbons (Fsp3) is 0.111. The molecule has 0 aliphatic carbocycles. The van der Waals surface area contributed by atoms with Gasteiger partial charge in [0.25, 0.3) is 5.91 Å². The van der Waals surface area contributed by atoms with E-state index in [1.165, 1.54) is 24.3 Å². The molecule has 2 aromatic carbocycles. The number of nitrogens with one attached hydrogen (secondary N) is 3. The van der Waals surface area contributed by atoms with Gasteiger partial charge < -0.3 is 16.4 Å². The van der Waals surface area contributed by atoms with Crippen molar-refractivity contribution in [3.63, 3.8) is 0 Å². The summed E-state index contributed by atoms with van der Waals surface area (Å²) in [6.45, 7) is 0. The zero-order valence-corrected chi connectivity index (χ0v) is 14.1. The highest BCUT2D eigenvalue weighted by atomic mass is 19.1. The molecule has 0 fully saturated rings. The maximum absolute atomic E-state index is 12.9. The van der Waals surface area contributed by atoms with Gasteiger partial charge in [0.15, 0.2) is 0 Å². The topological polar surface area (TPSA) is 121 Å². The zero-order chi connectivity index (χ0) is 19.2. The third-order valence-corrected chi connectivity index (χ3v) is 3.60. The van der Waals surface area contributed by atoms with Crippen molar-refractivity contribution in [2.75, 3.05) is 10.6 Å². The van der Waals surface area contributed by atoms with Crippen molar-refractivity contribution >= 4 is 35.1 Å². The minimum absolute atomic E-state index is 0.0283. The normalized spacial score (nSPS) is 16.5. The molecule has 0 unspecified atom stereocenters. The molecule has 0 aromatic heterocycles. The monoisotopic (exact) mass is 368 g/mol. The van der Waals surface area contributed by atoms with Crippen LogP contribution in [0.25, 0.3) is 0 Å². The lowest BCUT2D eigenvalue weighted by Crippen LogP contribution is -2.32. The van der Waals surface area contributed by atoms with E-state index in [4.69, 9.17) is 5.73 Å². The van der Waals surface area contributed by atoms with Crippen molar-refractivity contribution in [1.29, 1.82) is 0 Å². The van der Waals surface area contributed by atoms with E-state index < -0.39 is 23.7 Å². The molecule has 9 heteroatoms. The fourth-order valence-corrected chi connectivity index (χ4v) is 2.36. The predicted octanol–water partition coefficient (Wildman–Crippen LogP) is 1.44. The Hall–Kier alpha value is -3.75. The number of carbonyl (C=O) groups is 2. The van der Waals surface area contributed by atoms with Gasteiger partial charge in [-0.1, -0.05) is 18.2 Å². The summed E-state index contributed by atoms with van der Waals surface area (Å²) in [5, 5.41) is 7.91. The van der Waals surface area contributed by atoms with Gasteiger partial charge in [-0.05, 0) is 36.4 Å². The number of amides is 2. The van der Waals surface area contributed by atoms with Gasteiger partial charge in [0, 0.05) is 11.4 Å². The van der Waals surface area contributed by atoms with Gasteiger partial charge in [0.05, 0.1) is 6.42 Å². The molecule has 138 valence electrons. The van der Waals surface area contributed by atoms with Crippen LogP contribution in [0.1, 0.15) is 6.42 Å². The first kappa shape index (κ1) is 18.1. The highest BCUT2D eigenvalue weighted by molar-refractivity contribution is 6.11. The van der Waals surface area contributed by atoms with Crippen LogP contribution in [0.2, 0.25) is 0 Å². The highest BCUT2D eigenvalue weighted by Gasteiger charge is 2.28. The molecule has 0 saturated heterocycles. The molecule has 0 spiro atoms. The van der Waals surface area contributed by atoms with Crippen LogP contribution in [-0.4, -0.2) is 29.8 Å². The molecule has 3 rings (SSSR count). The molecular weight excluding hydrogens is 351 g/mol. The zero-order valence-electron chi connectivity index (χ0n) is 14.1. The first-order valence-electron chi connectivity index (χ1n) is 8.10. The van der Waals surface area contributed by atoms with Crippen molar-refractivity contribution in [3.8, 4) is 0 Å². The van der Waals surface area contributed by atoms with Crippen molar-refractivity contribution in [1.82, 2.24) is 5.32 Å². The van der Waals surface area contributed by atoms with Crippen LogP contribution < -0.4 is 21.7 Å². The molecule has 1 aliphatic heterocycles. The Kier molecular flexibility index (Phi) is 5.41. The molecule has 1 heterocycles. The lowest BCUT2D eigenvalue weighted by Gasteiger charge is -2.06. The summed E-state index contributed by atoms with van der Waals surface area (Å²) in [5.41, 5.74) is 6.95. The number of hydrogen-bond acceptors (Lipinski definition) is 4. The summed E-state index contributed by atoms with van der Waals surface area (Å²) in [6.07, 6.45) is -0.172. The number of nitrogens with two attached hydrogens (primary N) is 1. The lowest BCUT2D eigenvalue weighted by molar-refractivity contribution is -0.123. The predicted molar refractivity (Wildman–Crippen MR) is 101 cm³/mol. The smallest absolute Gasteiger partial charge is 0.252 e. The molecule has 0 bridgehead atoms. The lowest BCUT2D eigenvalue weighted by atomic mass is 10.2. The molecule has 5 N–H and O–H groups in total. The van der Waals surface area contributed by atoms with Crippen LogP contribution in [0.5, 0.6) is 0 Å². The van der Waals surface area contributed by atoms with E-state index in [-0.39, 0.29) is 18.3 Å². The second kappa shape index (κ2) is 8.09. The van der Waals surface area contributed by atoms with E-state index >= 15 is 0 Å². The number of aliphatic imine (C=N–C) groups is 2. The van der Waals surface area contributed by atoms with Gasteiger partial charge in [0.1, 0.15) is 11.9 Å². The number of nitrogens with zero attached hydrogens (tertiary/aromatic N) is 2. The van der Waals surface area contributed by atoms with Gasteiger partial charge in [-0.25, -0.2) is 9.38 Å². The third kappa shape index (κ3) is 5.11. The first-order chi connectivity index (χ1) is 13.0. The summed E-state index contributed by atoms with van der Waals surface area (Å²) in [4.78, 5) is 32.1. The summed E-state index contributed by atoms with van der Waals surface area (Å²) in [6, 6.07) is 13.5. The van der Waals surface area contributed by atoms with Gasteiger partial charge >= 0.3 is 0 Å². The Bertz CT molecular complexity index is 896. The number of carbonyl (C=O) groups excluding carboxylic acids is 2. The largest absolute Gasteiger partial charge is 0.369 e. The number of hydrogen-bond donors (Lipinski definition) is 4. The standard InChI is InChI=1S/C18H17FN6O2/c19-11-6-8-13(9-7-11)21-15(26)10-14-16(27)24-18(23-14)25-17(20)22-12-4-2-1-3-5-12/h1-9,14H,10H2,(H,21,26)(H4,20,22,23,24,25,27)/t14-/m0/s1. The van der Waals surface area contributed by atoms with E-state index in [1.807, 2.05) is 18.2 Å². The van der Waals surface area contributed by atoms with Crippen LogP contribution in [-0.2, 0) is 9.59 Å². The first-order valence-corrected chi connectivity index (χ1v) is 8.10. The minimum atomic E-state index is -0.909. The van der Waals surface area contributed by atoms with E-state index in [0.717, 1.165) is 5.69 Å². The Labute approximate surface area is 154 Å². The molecular formula is C18H17FN6O2. The average Bonchev–Trinajstić information content (AvgIpc) is 2.96. The van der Waals surface area contributed by atoms with E-state index in [2.05, 4.69) is 25.9 Å². The summed E-state index contributed by atoms with van der Waals surface area (Å²) < 4.78 is 12.9. The van der Waals surface area contributed by atoms with Crippen molar-refractivity contribution in [2.45, 2.75) is 12.5 Å². The third-order valence-electron chi connectivity index (χ3n) is 3.60. The van der Waals surface area contributed by atoms with Crippen LogP contribution in [0, 0.1) is 5.82 Å². The number of halogens is 1. The molecule has 2 aromatic rings. The highest BCUT2D eigenvalue weighted by Crippen LogP contribution is 2.12. The number of para-hydroxylation sites is 1. The number of rotatable bonds is 4. The number of benzene rings is 2. The Morgan fingerprint density at radius 3 is 2.48 bits per heavy atom. The minimum Gasteiger partial charge on any atom is -0.369 e. The second-order valence-electron chi connectivity index (χ2n) is 5.71. The second-order valence-corrected chi connectivity index (χ2v) is 5.71. The molecule has 0 radical (unpaired) electrons. The van der Waals surface area contributed by atoms with Gasteiger partial charge in [-0.15, -0.1) is 0 Å². The van der Waals surface area contributed by atoms with E-state index in [9.17, 15) is 14.0 Å². The van der Waals surface area contributed by atoms with E-state index in [0.29, 0.717) is 5.69 Å². The van der Waals surface area contributed by atoms with Crippen LogP contribution in [0.15, 0.2) is 64.6 Å². The van der Waals surface area contributed by atoms with Crippen molar-refractivity contribution in [3.05, 3.63) is 60.4 Å². The Morgan fingerprint density at radius 1 is 1.11 bits per heavy atom.